The fourth-order valence-electron chi connectivity index (χ4n) is 1.77. The molecule has 5 atom stereocenters. The lowest BCUT2D eigenvalue weighted by molar-refractivity contribution is -0.357. The second kappa shape index (κ2) is 5.25. The third-order valence-corrected chi connectivity index (χ3v) is 2.69. The number of carbonyl (C=O) groups excluding carboxylic acids is 1. The molecule has 0 aromatic heterocycles. The van der Waals surface area contributed by atoms with Crippen LogP contribution in [0.25, 0.3) is 0 Å². The van der Waals surface area contributed by atoms with E-state index in [0.717, 1.165) is 7.11 Å². The Hall–Kier alpha value is -0.770. The highest BCUT2D eigenvalue weighted by atomic mass is 16.7. The van der Waals surface area contributed by atoms with Gasteiger partial charge in [0.15, 0.2) is 6.29 Å². The Morgan fingerprint density at radius 2 is 2.12 bits per heavy atom. The van der Waals surface area contributed by atoms with Gasteiger partial charge < -0.3 is 35.2 Å². The lowest BCUT2D eigenvalue weighted by Crippen LogP contribution is -2.72. The first-order valence-electron chi connectivity index (χ1n) is 5.04. The van der Waals surface area contributed by atoms with E-state index in [0.29, 0.717) is 0 Å². The second-order valence-electron chi connectivity index (χ2n) is 3.83. The van der Waals surface area contributed by atoms with Crippen molar-refractivity contribution in [2.24, 2.45) is 0 Å². The van der Waals surface area contributed by atoms with E-state index in [9.17, 15) is 20.1 Å². The summed E-state index contributed by atoms with van der Waals surface area (Å²) >= 11 is 0. The average molecular weight is 251 g/mol. The normalized spacial score (nSPS) is 42.2. The minimum absolute atomic E-state index is 0.539. The molecule has 0 aliphatic carbocycles. The lowest BCUT2D eigenvalue weighted by atomic mass is 9.92. The first kappa shape index (κ1) is 14.3. The van der Waals surface area contributed by atoms with Crippen LogP contribution in [0, 0.1) is 0 Å². The molecule has 1 aliphatic rings. The summed E-state index contributed by atoms with van der Waals surface area (Å²) in [6, 6.07) is -1.36. The van der Waals surface area contributed by atoms with Crippen LogP contribution in [0.15, 0.2) is 0 Å². The van der Waals surface area contributed by atoms with Crippen molar-refractivity contribution in [1.82, 2.24) is 5.32 Å². The van der Waals surface area contributed by atoms with Crippen molar-refractivity contribution in [2.45, 2.75) is 37.3 Å². The van der Waals surface area contributed by atoms with E-state index in [-0.39, 0.29) is 0 Å². The summed E-state index contributed by atoms with van der Waals surface area (Å²) in [5.41, 5.74) is 0. The third kappa shape index (κ3) is 2.57. The van der Waals surface area contributed by atoms with Crippen LogP contribution in [0.2, 0.25) is 0 Å². The van der Waals surface area contributed by atoms with E-state index in [2.05, 4.69) is 5.32 Å². The molecule has 1 saturated heterocycles. The van der Waals surface area contributed by atoms with Crippen LogP contribution in [-0.2, 0) is 14.3 Å². The summed E-state index contributed by atoms with van der Waals surface area (Å²) in [5, 5.41) is 40.6. The van der Waals surface area contributed by atoms with Gasteiger partial charge in [-0.1, -0.05) is 0 Å². The minimum atomic E-state index is -2.24. The highest BCUT2D eigenvalue weighted by Gasteiger charge is 2.56. The summed E-state index contributed by atoms with van der Waals surface area (Å²) in [6.45, 7) is 0.560. The maximum atomic E-state index is 10.9. The lowest BCUT2D eigenvalue weighted by Gasteiger charge is -2.47. The molecular formula is C9H17NO7. The van der Waals surface area contributed by atoms with E-state index in [1.165, 1.54) is 6.92 Å². The number of hydrogen-bond acceptors (Lipinski definition) is 7. The number of aliphatic hydroxyl groups excluding tert-OH is 3. The maximum Gasteiger partial charge on any atom is 0.220 e. The van der Waals surface area contributed by atoms with E-state index in [1.807, 2.05) is 0 Å². The van der Waals surface area contributed by atoms with E-state index in [1.54, 1.807) is 0 Å². The zero-order valence-electron chi connectivity index (χ0n) is 9.53. The molecule has 0 aromatic rings. The molecule has 8 nitrogen and oxygen atoms in total. The van der Waals surface area contributed by atoms with Crippen molar-refractivity contribution in [1.29, 1.82) is 0 Å². The Morgan fingerprint density at radius 1 is 1.53 bits per heavy atom. The molecule has 1 amide bonds. The van der Waals surface area contributed by atoms with Crippen molar-refractivity contribution < 1.29 is 34.7 Å². The van der Waals surface area contributed by atoms with E-state index < -0.39 is 42.8 Å². The molecule has 0 bridgehead atoms. The van der Waals surface area contributed by atoms with Gasteiger partial charge in [-0.25, -0.2) is 0 Å². The van der Waals surface area contributed by atoms with E-state index in [4.69, 9.17) is 14.6 Å². The first-order chi connectivity index (χ1) is 7.86. The molecule has 1 unspecified atom stereocenters. The number of ether oxygens (including phenoxy) is 2. The zero-order valence-corrected chi connectivity index (χ0v) is 9.53. The molecule has 100 valence electrons. The van der Waals surface area contributed by atoms with Crippen molar-refractivity contribution >= 4 is 5.91 Å². The van der Waals surface area contributed by atoms with Gasteiger partial charge in [0.25, 0.3) is 0 Å². The standard InChI is InChI=1S/C9H17NO7/c1-4(12)10-6-8(14)17-5(3-11)7(13)9(6,15)16-2/h5-8,11,13-15H,3H2,1-2H3,(H,10,12)/t5-,6+,7-,8?,9+/m1/s1. The highest BCUT2D eigenvalue weighted by molar-refractivity contribution is 5.73. The van der Waals surface area contributed by atoms with Crippen LogP contribution in [0.3, 0.4) is 0 Å². The number of nitrogens with one attached hydrogen (secondary N) is 1. The predicted molar refractivity (Wildman–Crippen MR) is 53.5 cm³/mol. The second-order valence-corrected chi connectivity index (χ2v) is 3.83. The summed E-state index contributed by atoms with van der Waals surface area (Å²) in [5.74, 6) is -2.78. The number of amides is 1. The zero-order chi connectivity index (χ0) is 13.2. The quantitative estimate of drug-likeness (QED) is 0.336. The van der Waals surface area contributed by atoms with Gasteiger partial charge in [0.1, 0.15) is 18.2 Å². The minimum Gasteiger partial charge on any atom is -0.394 e. The molecule has 1 rings (SSSR count). The molecule has 0 radical (unpaired) electrons. The summed E-state index contributed by atoms with van der Waals surface area (Å²) in [4.78, 5) is 10.9. The number of aliphatic hydroxyl groups is 4. The van der Waals surface area contributed by atoms with Gasteiger partial charge in [-0.3, -0.25) is 4.79 Å². The highest BCUT2D eigenvalue weighted by Crippen LogP contribution is 2.29. The molecule has 1 heterocycles. The van der Waals surface area contributed by atoms with Gasteiger partial charge in [-0.15, -0.1) is 0 Å². The summed E-state index contributed by atoms with van der Waals surface area (Å²) < 4.78 is 9.61. The smallest absolute Gasteiger partial charge is 0.220 e. The number of hydrogen-bond donors (Lipinski definition) is 5. The fraction of sp³-hybridized carbons (Fsp3) is 0.889. The van der Waals surface area contributed by atoms with Crippen LogP contribution in [0.1, 0.15) is 6.92 Å². The molecule has 0 aromatic carbocycles. The number of carbonyl (C=O) groups is 1. The number of methoxy groups -OCH3 is 1. The summed E-state index contributed by atoms with van der Waals surface area (Å²) in [6.07, 6.45) is -4.43. The van der Waals surface area contributed by atoms with Gasteiger partial charge in [0, 0.05) is 14.0 Å². The fourth-order valence-corrected chi connectivity index (χ4v) is 1.77. The molecular weight excluding hydrogens is 234 g/mol. The first-order valence-corrected chi connectivity index (χ1v) is 5.04. The topological polar surface area (TPSA) is 128 Å². The van der Waals surface area contributed by atoms with Gasteiger partial charge in [0.05, 0.1) is 6.61 Å². The van der Waals surface area contributed by atoms with Crippen LogP contribution >= 0.6 is 0 Å². The Morgan fingerprint density at radius 3 is 2.53 bits per heavy atom. The maximum absolute atomic E-state index is 10.9. The molecule has 0 spiro atoms. The van der Waals surface area contributed by atoms with Crippen molar-refractivity contribution in [3.05, 3.63) is 0 Å². The van der Waals surface area contributed by atoms with Crippen LogP contribution < -0.4 is 5.32 Å². The molecule has 5 N–H and O–H groups in total. The molecule has 17 heavy (non-hydrogen) atoms. The number of rotatable bonds is 3. The predicted octanol–water partition coefficient (Wildman–Crippen LogP) is -3.10. The van der Waals surface area contributed by atoms with Gasteiger partial charge in [0.2, 0.25) is 11.7 Å². The van der Waals surface area contributed by atoms with Crippen LogP contribution in [-0.4, -0.2) is 70.4 Å². The average Bonchev–Trinajstić information content (AvgIpc) is 2.29. The molecule has 1 fully saturated rings. The van der Waals surface area contributed by atoms with Crippen molar-refractivity contribution in [2.75, 3.05) is 13.7 Å². The van der Waals surface area contributed by atoms with Crippen molar-refractivity contribution in [3.63, 3.8) is 0 Å². The van der Waals surface area contributed by atoms with E-state index >= 15 is 0 Å². The summed E-state index contributed by atoms with van der Waals surface area (Å²) in [7, 11) is 1.10. The Balaban J connectivity index is 2.98. The van der Waals surface area contributed by atoms with Gasteiger partial charge in [-0.05, 0) is 0 Å². The van der Waals surface area contributed by atoms with Gasteiger partial charge in [-0.2, -0.15) is 0 Å². The SMILES string of the molecule is CO[C@]1(O)[C@H](O)[C@@H](CO)OC(O)[C@@H]1NC(C)=O. The Labute approximate surface area is 97.8 Å². The van der Waals surface area contributed by atoms with Crippen LogP contribution in [0.4, 0.5) is 0 Å². The molecule has 1 aliphatic heterocycles. The largest absolute Gasteiger partial charge is 0.394 e. The molecule has 8 heteroatoms. The third-order valence-electron chi connectivity index (χ3n) is 2.69. The van der Waals surface area contributed by atoms with Crippen molar-refractivity contribution in [3.8, 4) is 0 Å². The Bertz CT molecular complexity index is 287. The Kier molecular flexibility index (Phi) is 4.42. The van der Waals surface area contributed by atoms with Crippen LogP contribution in [0.5, 0.6) is 0 Å². The van der Waals surface area contributed by atoms with Gasteiger partial charge >= 0.3 is 0 Å². The monoisotopic (exact) mass is 251 g/mol. The molecule has 0 saturated carbocycles.